The van der Waals surface area contributed by atoms with Crippen LogP contribution in [0.3, 0.4) is 0 Å². The van der Waals surface area contributed by atoms with Gasteiger partial charge in [-0.1, -0.05) is 0 Å². The molecule has 1 aromatic heterocycles. The fourth-order valence-corrected chi connectivity index (χ4v) is 1.21. The Balaban J connectivity index is 2.07. The van der Waals surface area contributed by atoms with E-state index in [-0.39, 0.29) is 0 Å². The van der Waals surface area contributed by atoms with Gasteiger partial charge in [-0.3, -0.25) is 0 Å². The standard InChI is InChI=1S/C10H15BrN2O2/c1-14-6-7-15-5-4-12-10-3-2-9(11)8-13-10/h2-3,8H,4-7H2,1H3,(H,12,13). The summed E-state index contributed by atoms with van der Waals surface area (Å²) in [6, 6.07) is 3.86. The lowest BCUT2D eigenvalue weighted by Crippen LogP contribution is -2.12. The van der Waals surface area contributed by atoms with Crippen LogP contribution in [0.5, 0.6) is 0 Å². The van der Waals surface area contributed by atoms with Crippen LogP contribution < -0.4 is 5.32 Å². The highest BCUT2D eigenvalue weighted by atomic mass is 79.9. The van der Waals surface area contributed by atoms with Crippen molar-refractivity contribution in [2.75, 3.05) is 38.8 Å². The molecule has 15 heavy (non-hydrogen) atoms. The fraction of sp³-hybridized carbons (Fsp3) is 0.500. The average Bonchev–Trinajstić information content (AvgIpc) is 2.26. The third kappa shape index (κ3) is 5.71. The summed E-state index contributed by atoms with van der Waals surface area (Å²) in [7, 11) is 1.66. The van der Waals surface area contributed by atoms with E-state index in [1.807, 2.05) is 12.1 Å². The molecule has 0 fully saturated rings. The lowest BCUT2D eigenvalue weighted by molar-refractivity contribution is 0.0759. The quantitative estimate of drug-likeness (QED) is 0.772. The maximum absolute atomic E-state index is 5.29. The van der Waals surface area contributed by atoms with Crippen LogP contribution in [0.15, 0.2) is 22.8 Å². The number of aromatic nitrogens is 1. The van der Waals surface area contributed by atoms with Gasteiger partial charge in [0.25, 0.3) is 0 Å². The van der Waals surface area contributed by atoms with Gasteiger partial charge in [0.15, 0.2) is 0 Å². The highest BCUT2D eigenvalue weighted by molar-refractivity contribution is 9.10. The molecule has 0 aromatic carbocycles. The Morgan fingerprint density at radius 3 is 2.87 bits per heavy atom. The smallest absolute Gasteiger partial charge is 0.126 e. The second-order valence-electron chi connectivity index (χ2n) is 2.89. The largest absolute Gasteiger partial charge is 0.382 e. The van der Waals surface area contributed by atoms with Crippen molar-refractivity contribution in [3.63, 3.8) is 0 Å². The van der Waals surface area contributed by atoms with Crippen LogP contribution in [0.25, 0.3) is 0 Å². The topological polar surface area (TPSA) is 43.4 Å². The summed E-state index contributed by atoms with van der Waals surface area (Å²) >= 11 is 3.33. The molecule has 0 radical (unpaired) electrons. The zero-order valence-electron chi connectivity index (χ0n) is 8.70. The normalized spacial score (nSPS) is 10.3. The molecule has 1 aromatic rings. The summed E-state index contributed by atoms with van der Waals surface area (Å²) in [6.45, 7) is 2.67. The molecule has 0 aliphatic carbocycles. The molecule has 0 unspecified atom stereocenters. The molecule has 1 rings (SSSR count). The van der Waals surface area contributed by atoms with E-state index in [1.54, 1.807) is 13.3 Å². The minimum atomic E-state index is 0.631. The van der Waals surface area contributed by atoms with E-state index < -0.39 is 0 Å². The van der Waals surface area contributed by atoms with Crippen LogP contribution >= 0.6 is 15.9 Å². The van der Waals surface area contributed by atoms with Crippen molar-refractivity contribution in [3.05, 3.63) is 22.8 Å². The summed E-state index contributed by atoms with van der Waals surface area (Å²) in [4.78, 5) is 4.17. The number of nitrogens with zero attached hydrogens (tertiary/aromatic N) is 1. The number of halogens is 1. The van der Waals surface area contributed by atoms with E-state index in [1.165, 1.54) is 0 Å². The Morgan fingerprint density at radius 2 is 2.20 bits per heavy atom. The summed E-state index contributed by atoms with van der Waals surface area (Å²) in [6.07, 6.45) is 1.76. The summed E-state index contributed by atoms with van der Waals surface area (Å²) in [5.74, 6) is 0.855. The zero-order chi connectivity index (χ0) is 10.9. The van der Waals surface area contributed by atoms with Crippen molar-refractivity contribution in [2.24, 2.45) is 0 Å². The first kappa shape index (κ1) is 12.4. The second kappa shape index (κ2) is 7.62. The Hall–Kier alpha value is -0.650. The summed E-state index contributed by atoms with van der Waals surface area (Å²) < 4.78 is 11.1. The third-order valence-corrected chi connectivity index (χ3v) is 2.18. The molecule has 4 nitrogen and oxygen atoms in total. The fourth-order valence-electron chi connectivity index (χ4n) is 0.976. The minimum Gasteiger partial charge on any atom is -0.382 e. The van der Waals surface area contributed by atoms with Crippen molar-refractivity contribution in [1.82, 2.24) is 4.98 Å². The van der Waals surface area contributed by atoms with Gasteiger partial charge in [0.2, 0.25) is 0 Å². The number of hydrogen-bond acceptors (Lipinski definition) is 4. The molecule has 0 atom stereocenters. The number of anilines is 1. The van der Waals surface area contributed by atoms with E-state index in [9.17, 15) is 0 Å². The molecule has 1 N–H and O–H groups in total. The number of ether oxygens (including phenoxy) is 2. The Labute approximate surface area is 98.1 Å². The lowest BCUT2D eigenvalue weighted by atomic mass is 10.4. The Kier molecular flexibility index (Phi) is 6.31. The molecule has 0 amide bonds. The first-order valence-corrected chi connectivity index (χ1v) is 5.54. The van der Waals surface area contributed by atoms with Crippen LogP contribution in [0.1, 0.15) is 0 Å². The molecular formula is C10H15BrN2O2. The van der Waals surface area contributed by atoms with E-state index >= 15 is 0 Å². The minimum absolute atomic E-state index is 0.631. The third-order valence-electron chi connectivity index (χ3n) is 1.71. The zero-order valence-corrected chi connectivity index (χ0v) is 10.3. The predicted molar refractivity (Wildman–Crippen MR) is 63.1 cm³/mol. The first-order valence-electron chi connectivity index (χ1n) is 4.75. The second-order valence-corrected chi connectivity index (χ2v) is 3.81. The van der Waals surface area contributed by atoms with E-state index in [2.05, 4.69) is 26.2 Å². The number of rotatable bonds is 7. The van der Waals surface area contributed by atoms with Crippen LogP contribution in [0, 0.1) is 0 Å². The van der Waals surface area contributed by atoms with Gasteiger partial charge in [0.05, 0.1) is 19.8 Å². The monoisotopic (exact) mass is 274 g/mol. The molecule has 0 aliphatic heterocycles. The molecule has 0 saturated heterocycles. The Morgan fingerprint density at radius 1 is 1.33 bits per heavy atom. The van der Waals surface area contributed by atoms with Gasteiger partial charge in [0, 0.05) is 24.3 Å². The van der Waals surface area contributed by atoms with Gasteiger partial charge < -0.3 is 14.8 Å². The van der Waals surface area contributed by atoms with Crippen molar-refractivity contribution < 1.29 is 9.47 Å². The maximum Gasteiger partial charge on any atom is 0.126 e. The van der Waals surface area contributed by atoms with Gasteiger partial charge >= 0.3 is 0 Å². The van der Waals surface area contributed by atoms with Gasteiger partial charge in [-0.05, 0) is 28.1 Å². The molecule has 1 heterocycles. The summed E-state index contributed by atoms with van der Waals surface area (Å²) in [5, 5.41) is 3.15. The van der Waals surface area contributed by atoms with E-state index in [4.69, 9.17) is 9.47 Å². The van der Waals surface area contributed by atoms with Gasteiger partial charge in [-0.2, -0.15) is 0 Å². The Bertz CT molecular complexity index is 267. The van der Waals surface area contributed by atoms with Crippen molar-refractivity contribution >= 4 is 21.7 Å². The van der Waals surface area contributed by atoms with Crippen molar-refractivity contribution in [1.29, 1.82) is 0 Å². The molecule has 0 bridgehead atoms. The van der Waals surface area contributed by atoms with Gasteiger partial charge in [-0.25, -0.2) is 4.98 Å². The lowest BCUT2D eigenvalue weighted by Gasteiger charge is -2.06. The predicted octanol–water partition coefficient (Wildman–Crippen LogP) is 1.92. The van der Waals surface area contributed by atoms with E-state index in [0.29, 0.717) is 19.8 Å². The SMILES string of the molecule is COCCOCCNc1ccc(Br)cn1. The molecule has 0 spiro atoms. The molecular weight excluding hydrogens is 260 g/mol. The van der Waals surface area contributed by atoms with Crippen LogP contribution in [-0.4, -0.2) is 38.5 Å². The number of methoxy groups -OCH3 is 1. The highest BCUT2D eigenvalue weighted by Gasteiger charge is 1.93. The molecule has 5 heteroatoms. The van der Waals surface area contributed by atoms with Crippen LogP contribution in [-0.2, 0) is 9.47 Å². The number of nitrogens with one attached hydrogen (secondary N) is 1. The molecule has 84 valence electrons. The highest BCUT2D eigenvalue weighted by Crippen LogP contribution is 2.09. The van der Waals surface area contributed by atoms with Gasteiger partial charge in [0.1, 0.15) is 5.82 Å². The number of hydrogen-bond donors (Lipinski definition) is 1. The van der Waals surface area contributed by atoms with Crippen molar-refractivity contribution in [3.8, 4) is 0 Å². The molecule has 0 aliphatic rings. The first-order chi connectivity index (χ1) is 7.33. The maximum atomic E-state index is 5.29. The van der Waals surface area contributed by atoms with Crippen LogP contribution in [0.4, 0.5) is 5.82 Å². The number of pyridine rings is 1. The average molecular weight is 275 g/mol. The molecule has 0 saturated carbocycles. The van der Waals surface area contributed by atoms with E-state index in [0.717, 1.165) is 16.8 Å². The van der Waals surface area contributed by atoms with Crippen LogP contribution in [0.2, 0.25) is 0 Å². The summed E-state index contributed by atoms with van der Waals surface area (Å²) in [5.41, 5.74) is 0. The van der Waals surface area contributed by atoms with Crippen molar-refractivity contribution in [2.45, 2.75) is 0 Å². The van der Waals surface area contributed by atoms with Gasteiger partial charge in [-0.15, -0.1) is 0 Å².